The molecular formula is C39H62O15. The van der Waals surface area contributed by atoms with Crippen molar-refractivity contribution in [2.24, 2.45) is 52.3 Å². The van der Waals surface area contributed by atoms with Gasteiger partial charge in [-0.1, -0.05) is 27.7 Å². The first-order valence-corrected chi connectivity index (χ1v) is 20.4. The molecule has 4 heterocycles. The number of hydrogen-bond donors (Lipinski definition) is 8. The minimum atomic E-state index is -1.64. The molecule has 0 radical (unpaired) electrons. The van der Waals surface area contributed by atoms with E-state index in [4.69, 9.17) is 28.4 Å². The number of fused-ring (bicyclic) bond motifs is 7. The molecule has 8 N–H and O–H groups in total. The van der Waals surface area contributed by atoms with E-state index in [9.17, 15) is 45.6 Å². The van der Waals surface area contributed by atoms with Crippen molar-refractivity contribution in [1.29, 1.82) is 0 Å². The highest BCUT2D eigenvalue weighted by Gasteiger charge is 2.74. The van der Waals surface area contributed by atoms with E-state index in [0.717, 1.165) is 32.1 Å². The van der Waals surface area contributed by atoms with Crippen LogP contribution in [0.5, 0.6) is 0 Å². The van der Waals surface area contributed by atoms with Gasteiger partial charge in [0.1, 0.15) is 48.8 Å². The molecule has 1 spiro atoms. The van der Waals surface area contributed by atoms with Crippen molar-refractivity contribution in [1.82, 2.24) is 0 Å². The Hall–Kier alpha value is -1.05. The molecule has 0 aromatic carbocycles. The second-order valence-electron chi connectivity index (χ2n) is 18.8. The maximum atomic E-state index is 12.7. The fourth-order valence-corrected chi connectivity index (χ4v) is 13.2. The van der Waals surface area contributed by atoms with Gasteiger partial charge in [0, 0.05) is 11.8 Å². The van der Waals surface area contributed by atoms with Crippen LogP contribution < -0.4 is 0 Å². The molecule has 4 aliphatic heterocycles. The van der Waals surface area contributed by atoms with Gasteiger partial charge >= 0.3 is 5.97 Å². The summed E-state index contributed by atoms with van der Waals surface area (Å²) in [6.45, 7) is 9.34. The Morgan fingerprint density at radius 2 is 1.46 bits per heavy atom. The van der Waals surface area contributed by atoms with Gasteiger partial charge in [-0.15, -0.1) is 0 Å². The first-order valence-electron chi connectivity index (χ1n) is 20.4. The summed E-state index contributed by atoms with van der Waals surface area (Å²) in [5.74, 6) is -1.63. The van der Waals surface area contributed by atoms with Crippen LogP contribution in [-0.4, -0.2) is 145 Å². The van der Waals surface area contributed by atoms with E-state index in [1.807, 2.05) is 6.92 Å². The highest BCUT2D eigenvalue weighted by molar-refractivity contribution is 5.73. The number of aliphatic hydroxyl groups is 8. The number of hydrogen-bond acceptors (Lipinski definition) is 15. The van der Waals surface area contributed by atoms with Crippen molar-refractivity contribution in [3.63, 3.8) is 0 Å². The summed E-state index contributed by atoms with van der Waals surface area (Å²) in [5.41, 5.74) is -0.281. The largest absolute Gasteiger partial charge is 0.430 e. The van der Waals surface area contributed by atoms with E-state index in [-0.39, 0.29) is 53.0 Å². The van der Waals surface area contributed by atoms with E-state index < -0.39 is 98.0 Å². The topological polar surface area (TPSA) is 234 Å². The lowest BCUT2D eigenvalue weighted by Crippen LogP contribution is -2.64. The lowest BCUT2D eigenvalue weighted by molar-refractivity contribution is -0.371. The fraction of sp³-hybridized carbons (Fsp3) is 0.974. The average Bonchev–Trinajstić information content (AvgIpc) is 3.55. The van der Waals surface area contributed by atoms with Gasteiger partial charge in [0.25, 0.3) is 0 Å². The Labute approximate surface area is 316 Å². The van der Waals surface area contributed by atoms with Gasteiger partial charge in [0.15, 0.2) is 12.6 Å². The molecule has 24 atom stereocenters. The third-order valence-electron chi connectivity index (χ3n) is 16.2. The third-order valence-corrected chi connectivity index (χ3v) is 16.2. The quantitative estimate of drug-likeness (QED) is 0.135. The Kier molecular flexibility index (Phi) is 10.3. The van der Waals surface area contributed by atoms with Gasteiger partial charge in [0.05, 0.1) is 36.9 Å². The monoisotopic (exact) mass is 770 g/mol. The van der Waals surface area contributed by atoms with Crippen LogP contribution in [-0.2, 0) is 33.2 Å². The minimum Gasteiger partial charge on any atom is -0.430 e. The minimum absolute atomic E-state index is 0.00439. The van der Waals surface area contributed by atoms with Crippen LogP contribution in [0.15, 0.2) is 0 Å². The van der Waals surface area contributed by atoms with E-state index in [2.05, 4.69) is 13.8 Å². The third kappa shape index (κ3) is 5.81. The zero-order valence-electron chi connectivity index (χ0n) is 31.9. The maximum absolute atomic E-state index is 12.7. The molecule has 308 valence electrons. The highest BCUT2D eigenvalue weighted by Crippen LogP contribution is 2.71. The van der Waals surface area contributed by atoms with Crippen LogP contribution in [0.4, 0.5) is 0 Å². The molecule has 0 bridgehead atoms. The van der Waals surface area contributed by atoms with Crippen molar-refractivity contribution in [2.75, 3.05) is 6.61 Å². The van der Waals surface area contributed by atoms with Crippen molar-refractivity contribution in [3.05, 3.63) is 0 Å². The Morgan fingerprint density at radius 3 is 2.19 bits per heavy atom. The lowest BCUT2D eigenvalue weighted by atomic mass is 9.44. The highest BCUT2D eigenvalue weighted by atomic mass is 16.8. The van der Waals surface area contributed by atoms with Gasteiger partial charge in [-0.3, -0.25) is 4.79 Å². The molecule has 0 aromatic heterocycles. The summed E-state index contributed by atoms with van der Waals surface area (Å²) in [4.78, 5) is 12.7. The summed E-state index contributed by atoms with van der Waals surface area (Å²) >= 11 is 0. The summed E-state index contributed by atoms with van der Waals surface area (Å²) in [6, 6.07) is 0. The molecule has 4 saturated carbocycles. The maximum Gasteiger partial charge on any atom is 0.311 e. The number of aliphatic hydroxyl groups excluding tert-OH is 8. The van der Waals surface area contributed by atoms with E-state index >= 15 is 0 Å². The van der Waals surface area contributed by atoms with Crippen molar-refractivity contribution < 1.29 is 74.1 Å². The molecule has 0 unspecified atom stereocenters. The number of carbonyl (C=O) groups excluding carboxylic acids is 1. The molecule has 15 nitrogen and oxygen atoms in total. The van der Waals surface area contributed by atoms with E-state index in [1.165, 1.54) is 6.92 Å². The van der Waals surface area contributed by atoms with Crippen LogP contribution in [0.1, 0.15) is 86.0 Å². The molecule has 54 heavy (non-hydrogen) atoms. The lowest BCUT2D eigenvalue weighted by Gasteiger charge is -2.61. The van der Waals surface area contributed by atoms with Gasteiger partial charge in [-0.2, -0.15) is 0 Å². The van der Waals surface area contributed by atoms with Crippen molar-refractivity contribution in [2.45, 2.75) is 178 Å². The molecule has 8 fully saturated rings. The molecular weight excluding hydrogens is 708 g/mol. The average molecular weight is 771 g/mol. The first kappa shape index (κ1) is 39.8. The van der Waals surface area contributed by atoms with Crippen LogP contribution in [0.3, 0.4) is 0 Å². The van der Waals surface area contributed by atoms with Crippen LogP contribution in [0.2, 0.25) is 0 Å². The molecule has 15 heteroatoms. The zero-order chi connectivity index (χ0) is 38.8. The predicted molar refractivity (Wildman–Crippen MR) is 184 cm³/mol. The van der Waals surface area contributed by atoms with Gasteiger partial charge < -0.3 is 69.3 Å². The normalized spacial score (nSPS) is 59.9. The smallest absolute Gasteiger partial charge is 0.311 e. The van der Waals surface area contributed by atoms with Crippen LogP contribution >= 0.6 is 0 Å². The standard InChI is InChI=1S/C39H62O15/c1-15-12-23(41)39(54-34(15)48)16(2)24-32(53-39)28(44)25-20-7-6-18-13-19(8-10-37(18,4)21(20)9-11-38(24,25)5)50-36-33(30(46)27(43)22(14-40)51-36)52-35-31(47)29(45)26(42)17(3)49-35/h15-33,35-36,40-47H,6-14H2,1-5H3/t15-,16-,17-,18+,19+,20+,21-,22+,23+,24-,25+,26-,27+,28-,29+,30-,31+,32+,33+,35+,36+,37-,38+,39+/m1/s1. The predicted octanol–water partition coefficient (Wildman–Crippen LogP) is -0.0620. The Bertz CT molecular complexity index is 1400. The Balaban J connectivity index is 0.963. The second-order valence-corrected chi connectivity index (χ2v) is 18.8. The number of esters is 1. The van der Waals surface area contributed by atoms with E-state index in [0.29, 0.717) is 24.7 Å². The van der Waals surface area contributed by atoms with Crippen molar-refractivity contribution in [3.8, 4) is 0 Å². The first-order chi connectivity index (χ1) is 25.5. The van der Waals surface area contributed by atoms with Crippen LogP contribution in [0.25, 0.3) is 0 Å². The summed E-state index contributed by atoms with van der Waals surface area (Å²) in [6.07, 6.45) is -10.0. The fourth-order valence-electron chi connectivity index (χ4n) is 13.2. The summed E-state index contributed by atoms with van der Waals surface area (Å²) in [5, 5.41) is 86.3. The molecule has 0 aromatic rings. The molecule has 4 saturated heterocycles. The molecule has 4 aliphatic carbocycles. The molecule has 8 rings (SSSR count). The van der Waals surface area contributed by atoms with Gasteiger partial charge in [-0.25, -0.2) is 0 Å². The summed E-state index contributed by atoms with van der Waals surface area (Å²) in [7, 11) is 0. The SMILES string of the molecule is C[C@@H]1C[C@H](O)[C@]2(OC1=O)O[C@@H]1[C@H](O)[C@@H]3[C@H]4CC[C@H]5C[C@@H](O[C@H]6O[C@@H](CO)[C@H](O)[C@@H](O)[C@@H]6O[C@@H]6O[C@H](C)[C@@H](O)[C@H](O)[C@@H]6O)CC[C@@]5(C)[C@@H]4CC[C@@]3(C)[C@@H]1[C@H]2C. The number of carbonyl (C=O) groups is 1. The second kappa shape index (κ2) is 14.1. The van der Waals surface area contributed by atoms with Gasteiger partial charge in [-0.05, 0) is 92.8 Å². The number of ether oxygens (including phenoxy) is 6. The van der Waals surface area contributed by atoms with E-state index in [1.54, 1.807) is 6.92 Å². The number of rotatable bonds is 5. The zero-order valence-corrected chi connectivity index (χ0v) is 31.9. The van der Waals surface area contributed by atoms with Crippen molar-refractivity contribution >= 4 is 5.97 Å². The summed E-state index contributed by atoms with van der Waals surface area (Å²) < 4.78 is 36.5. The molecule has 0 amide bonds. The Morgan fingerprint density at radius 1 is 0.741 bits per heavy atom. The van der Waals surface area contributed by atoms with Crippen LogP contribution in [0, 0.1) is 52.3 Å². The van der Waals surface area contributed by atoms with Gasteiger partial charge in [0.2, 0.25) is 5.79 Å². The molecule has 8 aliphatic rings.